The molecule has 1 fully saturated rings. The second-order valence-electron chi connectivity index (χ2n) is 6.75. The van der Waals surface area contributed by atoms with Crippen LogP contribution >= 0.6 is 24.8 Å². The summed E-state index contributed by atoms with van der Waals surface area (Å²) in [7, 11) is 0. The van der Waals surface area contributed by atoms with Crippen molar-refractivity contribution in [1.82, 2.24) is 15.6 Å². The lowest BCUT2D eigenvalue weighted by molar-refractivity contribution is 0.329. The average molecular weight is 374 g/mol. The number of rotatable bonds is 3. The summed E-state index contributed by atoms with van der Waals surface area (Å²) in [6, 6.07) is 5.49. The number of benzene rings is 1. The van der Waals surface area contributed by atoms with E-state index in [1.165, 1.54) is 36.9 Å². The van der Waals surface area contributed by atoms with Gasteiger partial charge in [-0.3, -0.25) is 0 Å². The fourth-order valence-electron chi connectivity index (χ4n) is 4.03. The van der Waals surface area contributed by atoms with Crippen molar-refractivity contribution in [2.75, 3.05) is 19.6 Å². The summed E-state index contributed by atoms with van der Waals surface area (Å²) in [6.07, 6.45) is 5.95. The number of nitrogens with one attached hydrogen (secondary N) is 3. The van der Waals surface area contributed by atoms with Crippen LogP contribution in [0.5, 0.6) is 0 Å². The SMILES string of the molecule is Cl.Cl.Fc1ccc2[nH]c3c(c2c1)CCCC3NCC1CCNCC1. The maximum Gasteiger partial charge on any atom is 0.123 e. The van der Waals surface area contributed by atoms with Crippen molar-refractivity contribution in [2.45, 2.75) is 38.1 Å². The Morgan fingerprint density at radius 1 is 1.12 bits per heavy atom. The van der Waals surface area contributed by atoms with Gasteiger partial charge in [0.2, 0.25) is 0 Å². The first-order chi connectivity index (χ1) is 10.8. The van der Waals surface area contributed by atoms with E-state index >= 15 is 0 Å². The molecule has 1 unspecified atom stereocenters. The van der Waals surface area contributed by atoms with Crippen LogP contribution in [0.2, 0.25) is 0 Å². The van der Waals surface area contributed by atoms with Gasteiger partial charge in [0, 0.05) is 22.6 Å². The molecule has 2 heterocycles. The molecule has 24 heavy (non-hydrogen) atoms. The fraction of sp³-hybridized carbons (Fsp3) is 0.556. The number of fused-ring (bicyclic) bond motifs is 3. The van der Waals surface area contributed by atoms with Gasteiger partial charge >= 0.3 is 0 Å². The van der Waals surface area contributed by atoms with E-state index in [2.05, 4.69) is 15.6 Å². The molecule has 4 rings (SSSR count). The van der Waals surface area contributed by atoms with Crippen LogP contribution in [0, 0.1) is 11.7 Å². The summed E-state index contributed by atoms with van der Waals surface area (Å²) < 4.78 is 13.5. The lowest BCUT2D eigenvalue weighted by Crippen LogP contribution is -2.35. The number of piperidine rings is 1. The normalized spacial score (nSPS) is 21.0. The Morgan fingerprint density at radius 2 is 1.92 bits per heavy atom. The van der Waals surface area contributed by atoms with E-state index in [0.29, 0.717) is 6.04 Å². The summed E-state index contributed by atoms with van der Waals surface area (Å²) in [5.74, 6) is 0.646. The Kier molecular flexibility index (Phi) is 6.93. The van der Waals surface area contributed by atoms with E-state index < -0.39 is 0 Å². The smallest absolute Gasteiger partial charge is 0.123 e. The molecule has 1 aliphatic heterocycles. The molecule has 0 spiro atoms. The Morgan fingerprint density at radius 3 is 2.71 bits per heavy atom. The molecule has 1 aromatic heterocycles. The summed E-state index contributed by atoms with van der Waals surface area (Å²) in [5.41, 5.74) is 3.69. The standard InChI is InChI=1S/C18H24FN3.2ClH/c19-13-4-5-16-15(10-13)14-2-1-3-17(18(14)22-16)21-11-12-6-8-20-9-7-12;;/h4-5,10,12,17,20-22H,1-3,6-9,11H2;2*1H. The zero-order chi connectivity index (χ0) is 14.9. The maximum atomic E-state index is 13.5. The van der Waals surface area contributed by atoms with Crippen LogP contribution in [0.15, 0.2) is 18.2 Å². The zero-order valence-corrected chi connectivity index (χ0v) is 15.4. The first kappa shape index (κ1) is 19.5. The minimum absolute atomic E-state index is 0. The van der Waals surface area contributed by atoms with Gasteiger partial charge in [-0.2, -0.15) is 0 Å². The highest BCUT2D eigenvalue weighted by atomic mass is 35.5. The van der Waals surface area contributed by atoms with Gasteiger partial charge < -0.3 is 15.6 Å². The highest BCUT2D eigenvalue weighted by Crippen LogP contribution is 2.35. The lowest BCUT2D eigenvalue weighted by atomic mass is 9.90. The lowest BCUT2D eigenvalue weighted by Gasteiger charge is -2.28. The monoisotopic (exact) mass is 373 g/mol. The van der Waals surface area contributed by atoms with Crippen molar-refractivity contribution in [3.05, 3.63) is 35.3 Å². The van der Waals surface area contributed by atoms with Crippen molar-refractivity contribution in [3.63, 3.8) is 0 Å². The molecule has 2 aliphatic rings. The zero-order valence-electron chi connectivity index (χ0n) is 13.7. The number of aryl methyl sites for hydroxylation is 1. The highest BCUT2D eigenvalue weighted by Gasteiger charge is 2.25. The molecule has 0 saturated carbocycles. The molecule has 0 bridgehead atoms. The van der Waals surface area contributed by atoms with Gasteiger partial charge in [0.1, 0.15) is 5.82 Å². The highest BCUT2D eigenvalue weighted by molar-refractivity contribution is 5.86. The largest absolute Gasteiger partial charge is 0.357 e. The minimum atomic E-state index is -0.140. The number of hydrogen-bond donors (Lipinski definition) is 3. The van der Waals surface area contributed by atoms with Gasteiger partial charge in [-0.25, -0.2) is 4.39 Å². The molecular formula is C18H26Cl2FN3. The predicted octanol–water partition coefficient (Wildman–Crippen LogP) is 4.12. The number of halogens is 3. The van der Waals surface area contributed by atoms with Crippen LogP contribution in [0.25, 0.3) is 10.9 Å². The molecule has 1 aliphatic carbocycles. The van der Waals surface area contributed by atoms with Crippen LogP contribution in [-0.2, 0) is 6.42 Å². The molecule has 1 aromatic carbocycles. The predicted molar refractivity (Wildman–Crippen MR) is 102 cm³/mol. The third-order valence-electron chi connectivity index (χ3n) is 5.28. The van der Waals surface area contributed by atoms with Crippen molar-refractivity contribution in [3.8, 4) is 0 Å². The Bertz CT molecular complexity index is 668. The van der Waals surface area contributed by atoms with Gasteiger partial charge in [-0.1, -0.05) is 0 Å². The third-order valence-corrected chi connectivity index (χ3v) is 5.28. The van der Waals surface area contributed by atoms with Crippen LogP contribution in [-0.4, -0.2) is 24.6 Å². The summed E-state index contributed by atoms with van der Waals surface area (Å²) in [5, 5.41) is 8.26. The number of aromatic amines is 1. The molecule has 3 nitrogen and oxygen atoms in total. The van der Waals surface area contributed by atoms with E-state index in [4.69, 9.17) is 0 Å². The number of hydrogen-bond acceptors (Lipinski definition) is 2. The van der Waals surface area contributed by atoms with Gasteiger partial charge in [0.25, 0.3) is 0 Å². The molecular weight excluding hydrogens is 348 g/mol. The number of aromatic nitrogens is 1. The second-order valence-corrected chi connectivity index (χ2v) is 6.75. The van der Waals surface area contributed by atoms with Crippen LogP contribution in [0.4, 0.5) is 4.39 Å². The molecule has 1 atom stereocenters. The van der Waals surface area contributed by atoms with Crippen molar-refractivity contribution >= 4 is 35.7 Å². The van der Waals surface area contributed by atoms with Crippen molar-refractivity contribution in [2.24, 2.45) is 5.92 Å². The van der Waals surface area contributed by atoms with Crippen LogP contribution in [0.3, 0.4) is 0 Å². The molecule has 2 aromatic rings. The first-order valence-electron chi connectivity index (χ1n) is 8.55. The van der Waals surface area contributed by atoms with E-state index in [0.717, 1.165) is 42.9 Å². The van der Waals surface area contributed by atoms with E-state index in [1.54, 1.807) is 12.1 Å². The molecule has 0 radical (unpaired) electrons. The third kappa shape index (κ3) is 3.88. The maximum absolute atomic E-state index is 13.5. The molecule has 134 valence electrons. The first-order valence-corrected chi connectivity index (χ1v) is 8.55. The molecule has 6 heteroatoms. The van der Waals surface area contributed by atoms with E-state index in [-0.39, 0.29) is 30.6 Å². The fourth-order valence-corrected chi connectivity index (χ4v) is 4.03. The van der Waals surface area contributed by atoms with Gasteiger partial charge in [0.05, 0.1) is 0 Å². The Hall–Kier alpha value is -0.810. The van der Waals surface area contributed by atoms with Gasteiger partial charge in [0.15, 0.2) is 0 Å². The second kappa shape index (κ2) is 8.52. The Labute approximate surface area is 155 Å². The topological polar surface area (TPSA) is 39.9 Å². The Balaban J connectivity index is 0.00000104. The molecule has 3 N–H and O–H groups in total. The van der Waals surface area contributed by atoms with E-state index in [1.807, 2.05) is 6.07 Å². The number of H-pyrrole nitrogens is 1. The molecule has 1 saturated heterocycles. The van der Waals surface area contributed by atoms with Crippen molar-refractivity contribution < 1.29 is 4.39 Å². The molecule has 0 amide bonds. The minimum Gasteiger partial charge on any atom is -0.357 e. The quantitative estimate of drug-likeness (QED) is 0.757. The van der Waals surface area contributed by atoms with Gasteiger partial charge in [-0.05, 0) is 81.4 Å². The van der Waals surface area contributed by atoms with Crippen LogP contribution < -0.4 is 10.6 Å². The van der Waals surface area contributed by atoms with Crippen molar-refractivity contribution in [1.29, 1.82) is 0 Å². The van der Waals surface area contributed by atoms with Gasteiger partial charge in [-0.15, -0.1) is 24.8 Å². The van der Waals surface area contributed by atoms with E-state index in [9.17, 15) is 4.39 Å². The average Bonchev–Trinajstić information content (AvgIpc) is 2.92. The summed E-state index contributed by atoms with van der Waals surface area (Å²) >= 11 is 0. The summed E-state index contributed by atoms with van der Waals surface area (Å²) in [6.45, 7) is 3.39. The summed E-state index contributed by atoms with van der Waals surface area (Å²) in [4.78, 5) is 3.54. The van der Waals surface area contributed by atoms with Crippen LogP contribution in [0.1, 0.15) is 43.0 Å².